The number of rotatable bonds is 3. The SMILES string of the molecule is Cc1ccccc1C1CC(NC2(C)CCS(=O)(=O)C2)C1. The predicted octanol–water partition coefficient (Wildman–Crippen LogP) is 2.41. The van der Waals surface area contributed by atoms with E-state index in [1.807, 2.05) is 0 Å². The highest BCUT2D eigenvalue weighted by Gasteiger charge is 2.42. The summed E-state index contributed by atoms with van der Waals surface area (Å²) < 4.78 is 23.2. The fourth-order valence-corrected chi connectivity index (χ4v) is 5.76. The molecule has 3 nitrogen and oxygen atoms in total. The highest BCUT2D eigenvalue weighted by Crippen LogP contribution is 2.40. The van der Waals surface area contributed by atoms with Gasteiger partial charge in [0, 0.05) is 11.6 Å². The van der Waals surface area contributed by atoms with E-state index in [4.69, 9.17) is 0 Å². The molecule has 2 aliphatic rings. The third kappa shape index (κ3) is 2.77. The van der Waals surface area contributed by atoms with Crippen molar-refractivity contribution in [2.75, 3.05) is 11.5 Å². The van der Waals surface area contributed by atoms with Crippen molar-refractivity contribution in [3.05, 3.63) is 35.4 Å². The van der Waals surface area contributed by atoms with Crippen LogP contribution in [0, 0.1) is 6.92 Å². The Bertz CT molecular complexity index is 605. The van der Waals surface area contributed by atoms with Crippen LogP contribution in [0.25, 0.3) is 0 Å². The van der Waals surface area contributed by atoms with Crippen molar-refractivity contribution >= 4 is 9.84 Å². The van der Waals surface area contributed by atoms with Crippen LogP contribution in [0.15, 0.2) is 24.3 Å². The van der Waals surface area contributed by atoms with Gasteiger partial charge in [0.2, 0.25) is 0 Å². The van der Waals surface area contributed by atoms with Crippen LogP contribution in [0.4, 0.5) is 0 Å². The molecule has 1 aliphatic carbocycles. The average molecular weight is 293 g/mol. The van der Waals surface area contributed by atoms with Crippen LogP contribution in [0.3, 0.4) is 0 Å². The zero-order valence-electron chi connectivity index (χ0n) is 12.2. The van der Waals surface area contributed by atoms with Gasteiger partial charge in [-0.05, 0) is 50.2 Å². The maximum atomic E-state index is 11.6. The number of benzene rings is 1. The summed E-state index contributed by atoms with van der Waals surface area (Å²) in [5.41, 5.74) is 2.61. The first kappa shape index (κ1) is 14.1. The van der Waals surface area contributed by atoms with Gasteiger partial charge in [-0.1, -0.05) is 24.3 Å². The molecule has 0 amide bonds. The largest absolute Gasteiger partial charge is 0.308 e. The Morgan fingerprint density at radius 3 is 2.55 bits per heavy atom. The molecule has 1 N–H and O–H groups in total. The van der Waals surface area contributed by atoms with Crippen LogP contribution < -0.4 is 5.32 Å². The van der Waals surface area contributed by atoms with Crippen molar-refractivity contribution in [3.8, 4) is 0 Å². The highest BCUT2D eigenvalue weighted by molar-refractivity contribution is 7.91. The van der Waals surface area contributed by atoms with Crippen molar-refractivity contribution in [2.45, 2.75) is 50.6 Å². The minimum Gasteiger partial charge on any atom is -0.308 e. The molecule has 0 radical (unpaired) electrons. The van der Waals surface area contributed by atoms with Gasteiger partial charge >= 0.3 is 0 Å². The van der Waals surface area contributed by atoms with E-state index in [9.17, 15) is 8.42 Å². The Morgan fingerprint density at radius 1 is 1.25 bits per heavy atom. The summed E-state index contributed by atoms with van der Waals surface area (Å²) in [6.07, 6.45) is 3.00. The van der Waals surface area contributed by atoms with Gasteiger partial charge < -0.3 is 5.32 Å². The van der Waals surface area contributed by atoms with Crippen LogP contribution in [0.2, 0.25) is 0 Å². The first-order chi connectivity index (χ1) is 9.37. The average Bonchev–Trinajstić information content (AvgIpc) is 2.59. The van der Waals surface area contributed by atoms with E-state index in [2.05, 4.69) is 43.4 Å². The molecule has 1 aromatic carbocycles. The van der Waals surface area contributed by atoms with Gasteiger partial charge in [0.1, 0.15) is 0 Å². The highest BCUT2D eigenvalue weighted by atomic mass is 32.2. The lowest BCUT2D eigenvalue weighted by Crippen LogP contribution is -2.53. The minimum absolute atomic E-state index is 0.208. The standard InChI is InChI=1S/C16H23NO2S/c1-12-5-3-4-6-15(12)13-9-14(10-13)17-16(2)7-8-20(18,19)11-16/h3-6,13-14,17H,7-11H2,1-2H3. The lowest BCUT2D eigenvalue weighted by molar-refractivity contribution is 0.227. The van der Waals surface area contributed by atoms with E-state index in [0.717, 1.165) is 19.3 Å². The van der Waals surface area contributed by atoms with Crippen molar-refractivity contribution in [1.29, 1.82) is 0 Å². The van der Waals surface area contributed by atoms with Crippen LogP contribution in [0.1, 0.15) is 43.2 Å². The molecule has 4 heteroatoms. The zero-order chi connectivity index (χ0) is 14.4. The number of nitrogens with one attached hydrogen (secondary N) is 1. The first-order valence-corrected chi connectivity index (χ1v) is 9.23. The minimum atomic E-state index is -2.82. The Balaban J connectivity index is 1.58. The molecule has 1 unspecified atom stereocenters. The summed E-state index contributed by atoms with van der Waals surface area (Å²) in [7, 11) is -2.82. The first-order valence-electron chi connectivity index (χ1n) is 7.41. The van der Waals surface area contributed by atoms with Gasteiger partial charge in [0.25, 0.3) is 0 Å². The Hall–Kier alpha value is -0.870. The monoisotopic (exact) mass is 293 g/mol. The number of sulfone groups is 1. The molecular weight excluding hydrogens is 270 g/mol. The molecule has 1 saturated heterocycles. The summed E-state index contributed by atoms with van der Waals surface area (Å²) in [5, 5.41) is 3.59. The van der Waals surface area contributed by atoms with Gasteiger partial charge in [-0.15, -0.1) is 0 Å². The van der Waals surface area contributed by atoms with E-state index in [0.29, 0.717) is 23.5 Å². The molecule has 1 aliphatic heterocycles. The van der Waals surface area contributed by atoms with Crippen molar-refractivity contribution in [2.24, 2.45) is 0 Å². The Labute approximate surface area is 121 Å². The summed E-state index contributed by atoms with van der Waals surface area (Å²) in [6, 6.07) is 9.04. The van der Waals surface area contributed by atoms with Crippen molar-refractivity contribution in [3.63, 3.8) is 0 Å². The van der Waals surface area contributed by atoms with Crippen LogP contribution in [-0.4, -0.2) is 31.5 Å². The van der Waals surface area contributed by atoms with Gasteiger partial charge in [-0.25, -0.2) is 8.42 Å². The zero-order valence-corrected chi connectivity index (χ0v) is 13.0. The fourth-order valence-electron chi connectivity index (χ4n) is 3.65. The van der Waals surface area contributed by atoms with E-state index in [1.165, 1.54) is 11.1 Å². The second-order valence-electron chi connectivity index (χ2n) is 6.77. The molecule has 3 rings (SSSR count). The smallest absolute Gasteiger partial charge is 0.152 e. The normalized spacial score (nSPS) is 35.7. The van der Waals surface area contributed by atoms with Crippen molar-refractivity contribution < 1.29 is 8.42 Å². The summed E-state index contributed by atoms with van der Waals surface area (Å²) >= 11 is 0. The van der Waals surface area contributed by atoms with Gasteiger partial charge in [0.05, 0.1) is 11.5 Å². The second-order valence-corrected chi connectivity index (χ2v) is 8.95. The maximum absolute atomic E-state index is 11.6. The van der Waals surface area contributed by atoms with E-state index < -0.39 is 9.84 Å². The second kappa shape index (κ2) is 4.85. The molecule has 1 atom stereocenters. The van der Waals surface area contributed by atoms with E-state index in [-0.39, 0.29) is 5.54 Å². The maximum Gasteiger partial charge on any atom is 0.152 e. The Kier molecular flexibility index (Phi) is 3.41. The number of aryl methyl sites for hydroxylation is 1. The van der Waals surface area contributed by atoms with E-state index in [1.54, 1.807) is 0 Å². The van der Waals surface area contributed by atoms with Gasteiger partial charge in [0.15, 0.2) is 9.84 Å². The summed E-state index contributed by atoms with van der Waals surface area (Å²) in [4.78, 5) is 0. The van der Waals surface area contributed by atoms with Crippen molar-refractivity contribution in [1.82, 2.24) is 5.32 Å². The molecule has 1 heterocycles. The summed E-state index contributed by atoms with van der Waals surface area (Å²) in [5.74, 6) is 1.27. The number of hydrogen-bond acceptors (Lipinski definition) is 3. The lowest BCUT2D eigenvalue weighted by atomic mass is 9.73. The molecule has 110 valence electrons. The molecule has 1 saturated carbocycles. The fraction of sp³-hybridized carbons (Fsp3) is 0.625. The lowest BCUT2D eigenvalue weighted by Gasteiger charge is -2.41. The van der Waals surface area contributed by atoms with Gasteiger partial charge in [-0.2, -0.15) is 0 Å². The third-order valence-electron chi connectivity index (χ3n) is 4.82. The quantitative estimate of drug-likeness (QED) is 0.931. The summed E-state index contributed by atoms with van der Waals surface area (Å²) in [6.45, 7) is 4.22. The van der Waals surface area contributed by atoms with Crippen LogP contribution in [0.5, 0.6) is 0 Å². The third-order valence-corrected chi connectivity index (χ3v) is 6.73. The predicted molar refractivity (Wildman–Crippen MR) is 81.8 cm³/mol. The van der Waals surface area contributed by atoms with E-state index >= 15 is 0 Å². The molecule has 0 spiro atoms. The molecule has 0 bridgehead atoms. The Morgan fingerprint density at radius 2 is 1.95 bits per heavy atom. The van der Waals surface area contributed by atoms with Crippen LogP contribution >= 0.6 is 0 Å². The molecule has 20 heavy (non-hydrogen) atoms. The van der Waals surface area contributed by atoms with Crippen LogP contribution in [-0.2, 0) is 9.84 Å². The molecule has 2 fully saturated rings. The van der Waals surface area contributed by atoms with Gasteiger partial charge in [-0.3, -0.25) is 0 Å². The topological polar surface area (TPSA) is 46.2 Å². The molecular formula is C16H23NO2S. The molecule has 0 aromatic heterocycles. The number of hydrogen-bond donors (Lipinski definition) is 1. The molecule has 1 aromatic rings.